The lowest BCUT2D eigenvalue weighted by Crippen LogP contribution is -2.22. The number of hydrogen-bond acceptors (Lipinski definition) is 3. The second-order valence-corrected chi connectivity index (χ2v) is 6.31. The topological polar surface area (TPSA) is 49.7 Å². The van der Waals surface area contributed by atoms with E-state index in [4.69, 9.17) is 0 Å². The number of aryl methyl sites for hydroxylation is 1. The summed E-state index contributed by atoms with van der Waals surface area (Å²) in [5.41, 5.74) is 2.32. The van der Waals surface area contributed by atoms with Crippen LogP contribution in [-0.4, -0.2) is 37.5 Å². The number of imidazole rings is 1. The average Bonchev–Trinajstić information content (AvgIpc) is 3.22. The number of rotatable bonds is 4. The van der Waals surface area contributed by atoms with Gasteiger partial charge in [-0.3, -0.25) is 4.90 Å². The van der Waals surface area contributed by atoms with Crippen LogP contribution in [0.2, 0.25) is 0 Å². The van der Waals surface area contributed by atoms with E-state index in [0.29, 0.717) is 0 Å². The van der Waals surface area contributed by atoms with Crippen LogP contribution >= 0.6 is 0 Å². The predicted octanol–water partition coefficient (Wildman–Crippen LogP) is 2.36. The first-order valence-electron chi connectivity index (χ1n) is 7.88. The summed E-state index contributed by atoms with van der Waals surface area (Å²) in [4.78, 5) is 14.6. The fraction of sp³-hybridized carbons (Fsp3) is 0.412. The number of fused-ring (bicyclic) bond motifs is 1. The van der Waals surface area contributed by atoms with E-state index in [2.05, 4.69) is 43.6 Å². The van der Waals surface area contributed by atoms with Crippen molar-refractivity contribution in [3.63, 3.8) is 0 Å². The molecule has 22 heavy (non-hydrogen) atoms. The Morgan fingerprint density at radius 1 is 1.36 bits per heavy atom. The number of H-pyrrole nitrogens is 1. The summed E-state index contributed by atoms with van der Waals surface area (Å²) in [5.74, 6) is 1.87. The standard InChI is InChI=1S/C17H21N5/c1-21-7-5-18-16(21)12-22-6-3-13(11-22)8-14-9-15-2-4-19-17(15)20-10-14/h2,4-5,7,9-10,13H,3,6,8,11-12H2,1H3,(H,19,20)/t13-/m1/s1. The molecule has 114 valence electrons. The highest BCUT2D eigenvalue weighted by molar-refractivity contribution is 5.75. The van der Waals surface area contributed by atoms with Gasteiger partial charge in [0.25, 0.3) is 0 Å². The van der Waals surface area contributed by atoms with Crippen molar-refractivity contribution in [3.05, 3.63) is 48.3 Å². The Kier molecular flexibility index (Phi) is 3.42. The van der Waals surface area contributed by atoms with Crippen LogP contribution in [0.25, 0.3) is 11.0 Å². The molecule has 3 aromatic rings. The Balaban J connectivity index is 1.39. The van der Waals surface area contributed by atoms with E-state index in [1.54, 1.807) is 0 Å². The van der Waals surface area contributed by atoms with Gasteiger partial charge < -0.3 is 9.55 Å². The molecule has 0 aromatic carbocycles. The molecule has 4 rings (SSSR count). The summed E-state index contributed by atoms with van der Waals surface area (Å²) in [6, 6.07) is 4.36. The zero-order chi connectivity index (χ0) is 14.9. The SMILES string of the molecule is Cn1ccnc1CN1CC[C@H](Cc2cnc3[nH]ccc3c2)C1. The van der Waals surface area contributed by atoms with Crippen molar-refractivity contribution in [1.29, 1.82) is 0 Å². The number of hydrogen-bond donors (Lipinski definition) is 1. The predicted molar refractivity (Wildman–Crippen MR) is 86.4 cm³/mol. The molecule has 1 aliphatic heterocycles. The molecule has 0 bridgehead atoms. The lowest BCUT2D eigenvalue weighted by molar-refractivity contribution is 0.305. The van der Waals surface area contributed by atoms with Gasteiger partial charge in [-0.1, -0.05) is 0 Å². The van der Waals surface area contributed by atoms with Gasteiger partial charge >= 0.3 is 0 Å². The van der Waals surface area contributed by atoms with Crippen molar-refractivity contribution < 1.29 is 0 Å². The summed E-state index contributed by atoms with van der Waals surface area (Å²) >= 11 is 0. The Morgan fingerprint density at radius 3 is 3.18 bits per heavy atom. The molecule has 1 saturated heterocycles. The Bertz CT molecular complexity index is 772. The van der Waals surface area contributed by atoms with Crippen molar-refractivity contribution in [2.24, 2.45) is 13.0 Å². The third-order valence-electron chi connectivity index (χ3n) is 4.64. The van der Waals surface area contributed by atoms with Crippen LogP contribution in [0.3, 0.4) is 0 Å². The van der Waals surface area contributed by atoms with Gasteiger partial charge in [0.05, 0.1) is 6.54 Å². The maximum atomic E-state index is 4.49. The molecule has 5 heteroatoms. The molecular formula is C17H21N5. The lowest BCUT2D eigenvalue weighted by Gasteiger charge is -2.15. The highest BCUT2D eigenvalue weighted by Crippen LogP contribution is 2.23. The molecule has 1 fully saturated rings. The average molecular weight is 295 g/mol. The number of pyridine rings is 1. The molecule has 0 spiro atoms. The molecule has 0 radical (unpaired) electrons. The van der Waals surface area contributed by atoms with Crippen LogP contribution in [0.1, 0.15) is 17.8 Å². The monoisotopic (exact) mass is 295 g/mol. The van der Waals surface area contributed by atoms with Gasteiger partial charge in [-0.25, -0.2) is 9.97 Å². The van der Waals surface area contributed by atoms with Crippen LogP contribution in [0.15, 0.2) is 36.9 Å². The van der Waals surface area contributed by atoms with Crippen molar-refractivity contribution in [2.45, 2.75) is 19.4 Å². The number of nitrogens with one attached hydrogen (secondary N) is 1. The number of likely N-dealkylation sites (tertiary alicyclic amines) is 1. The minimum Gasteiger partial charge on any atom is -0.346 e. The molecule has 5 nitrogen and oxygen atoms in total. The third kappa shape index (κ3) is 2.64. The van der Waals surface area contributed by atoms with Crippen LogP contribution in [0.4, 0.5) is 0 Å². The second-order valence-electron chi connectivity index (χ2n) is 6.31. The minimum absolute atomic E-state index is 0.721. The number of nitrogens with zero attached hydrogens (tertiary/aromatic N) is 4. The minimum atomic E-state index is 0.721. The van der Waals surface area contributed by atoms with Gasteiger partial charge in [0, 0.05) is 43.8 Å². The molecule has 0 saturated carbocycles. The molecule has 0 amide bonds. The van der Waals surface area contributed by atoms with Crippen LogP contribution in [0, 0.1) is 5.92 Å². The highest BCUT2D eigenvalue weighted by Gasteiger charge is 2.23. The Labute approximate surface area is 130 Å². The van der Waals surface area contributed by atoms with E-state index < -0.39 is 0 Å². The third-order valence-corrected chi connectivity index (χ3v) is 4.64. The van der Waals surface area contributed by atoms with Gasteiger partial charge in [0.1, 0.15) is 11.5 Å². The molecular weight excluding hydrogens is 274 g/mol. The maximum absolute atomic E-state index is 4.49. The van der Waals surface area contributed by atoms with Crippen molar-refractivity contribution in [1.82, 2.24) is 24.4 Å². The zero-order valence-corrected chi connectivity index (χ0v) is 12.9. The summed E-state index contributed by atoms with van der Waals surface area (Å²) < 4.78 is 2.11. The van der Waals surface area contributed by atoms with E-state index >= 15 is 0 Å². The fourth-order valence-electron chi connectivity index (χ4n) is 3.40. The lowest BCUT2D eigenvalue weighted by atomic mass is 9.99. The van der Waals surface area contributed by atoms with E-state index in [1.807, 2.05) is 24.8 Å². The van der Waals surface area contributed by atoms with Gasteiger partial charge in [-0.2, -0.15) is 0 Å². The van der Waals surface area contributed by atoms with E-state index in [1.165, 1.54) is 17.4 Å². The first kappa shape index (κ1) is 13.5. The largest absolute Gasteiger partial charge is 0.346 e. The Hall–Kier alpha value is -2.14. The van der Waals surface area contributed by atoms with Crippen LogP contribution in [0.5, 0.6) is 0 Å². The highest BCUT2D eigenvalue weighted by atomic mass is 15.2. The fourth-order valence-corrected chi connectivity index (χ4v) is 3.40. The smallest absolute Gasteiger partial charge is 0.137 e. The normalized spacial score (nSPS) is 19.2. The quantitative estimate of drug-likeness (QED) is 0.804. The van der Waals surface area contributed by atoms with Crippen molar-refractivity contribution in [3.8, 4) is 0 Å². The van der Waals surface area contributed by atoms with E-state index in [9.17, 15) is 0 Å². The molecule has 4 heterocycles. The van der Waals surface area contributed by atoms with Gasteiger partial charge in [-0.15, -0.1) is 0 Å². The first-order valence-corrected chi connectivity index (χ1v) is 7.88. The van der Waals surface area contributed by atoms with Crippen molar-refractivity contribution >= 4 is 11.0 Å². The van der Waals surface area contributed by atoms with E-state index in [-0.39, 0.29) is 0 Å². The van der Waals surface area contributed by atoms with Gasteiger partial charge in [0.2, 0.25) is 0 Å². The van der Waals surface area contributed by atoms with Crippen molar-refractivity contribution in [2.75, 3.05) is 13.1 Å². The summed E-state index contributed by atoms with van der Waals surface area (Å²) in [7, 11) is 2.06. The second kappa shape index (κ2) is 5.57. The van der Waals surface area contributed by atoms with Gasteiger partial charge in [-0.05, 0) is 43.0 Å². The number of aromatic nitrogens is 4. The summed E-state index contributed by atoms with van der Waals surface area (Å²) in [6.45, 7) is 3.27. The summed E-state index contributed by atoms with van der Waals surface area (Å²) in [5, 5.41) is 1.21. The van der Waals surface area contributed by atoms with Crippen LogP contribution in [-0.2, 0) is 20.0 Å². The molecule has 1 N–H and O–H groups in total. The molecule has 1 aliphatic rings. The van der Waals surface area contributed by atoms with Gasteiger partial charge in [0.15, 0.2) is 0 Å². The number of aromatic amines is 1. The summed E-state index contributed by atoms with van der Waals surface area (Å²) in [6.07, 6.45) is 10.2. The van der Waals surface area contributed by atoms with E-state index in [0.717, 1.165) is 43.4 Å². The molecule has 0 unspecified atom stereocenters. The van der Waals surface area contributed by atoms with Crippen LogP contribution < -0.4 is 0 Å². The molecule has 0 aliphatic carbocycles. The maximum Gasteiger partial charge on any atom is 0.137 e. The first-order chi connectivity index (χ1) is 10.8. The molecule has 1 atom stereocenters. The zero-order valence-electron chi connectivity index (χ0n) is 12.9. The molecule has 3 aromatic heterocycles. The Morgan fingerprint density at radius 2 is 2.32 bits per heavy atom.